The second-order valence-electron chi connectivity index (χ2n) is 7.02. The maximum atomic E-state index is 13.0. The minimum absolute atomic E-state index is 0.139. The van der Waals surface area contributed by atoms with Crippen LogP contribution < -0.4 is 25.7 Å². The summed E-state index contributed by atoms with van der Waals surface area (Å²) >= 11 is 0. The number of para-hydroxylation sites is 2. The highest BCUT2D eigenvalue weighted by Gasteiger charge is 2.16. The molecule has 0 aliphatic carbocycles. The molecule has 2 heterocycles. The Morgan fingerprint density at radius 1 is 1.06 bits per heavy atom. The third-order valence-corrected chi connectivity index (χ3v) is 4.92. The van der Waals surface area contributed by atoms with E-state index in [-0.39, 0.29) is 42.5 Å². The molecule has 31 heavy (non-hydrogen) atoms. The Labute approximate surface area is 178 Å². The predicted octanol–water partition coefficient (Wildman–Crippen LogP) is 1.49. The van der Waals surface area contributed by atoms with Crippen LogP contribution in [0.1, 0.15) is 12.1 Å². The smallest absolute Gasteiger partial charge is 0.273 e. The highest BCUT2D eigenvalue weighted by molar-refractivity contribution is 5.92. The van der Waals surface area contributed by atoms with E-state index in [0.29, 0.717) is 41.4 Å². The summed E-state index contributed by atoms with van der Waals surface area (Å²) < 4.78 is 12.4. The van der Waals surface area contributed by atoms with Crippen LogP contribution in [0.3, 0.4) is 0 Å². The van der Waals surface area contributed by atoms with Gasteiger partial charge in [0, 0.05) is 31.6 Å². The fourth-order valence-electron chi connectivity index (χ4n) is 3.39. The van der Waals surface area contributed by atoms with E-state index >= 15 is 0 Å². The summed E-state index contributed by atoms with van der Waals surface area (Å²) in [5.74, 6) is 0.637. The molecule has 9 nitrogen and oxygen atoms in total. The molecule has 160 valence electrons. The van der Waals surface area contributed by atoms with Gasteiger partial charge < -0.3 is 20.1 Å². The number of nitrogens with zero attached hydrogens (tertiary/aromatic N) is 2. The first-order valence-electron chi connectivity index (χ1n) is 9.93. The minimum Gasteiger partial charge on any atom is -0.486 e. The van der Waals surface area contributed by atoms with Gasteiger partial charge in [-0.1, -0.05) is 12.1 Å². The van der Waals surface area contributed by atoms with Gasteiger partial charge in [0.25, 0.3) is 5.56 Å². The fraction of sp³-hybridized carbons (Fsp3) is 0.273. The second-order valence-corrected chi connectivity index (χ2v) is 7.02. The summed E-state index contributed by atoms with van der Waals surface area (Å²) in [5.41, 5.74) is 1.53. The molecular formula is C22H22N4O5. The number of aryl methyl sites for hydroxylation is 1. The number of anilines is 1. The van der Waals surface area contributed by atoms with Crippen LogP contribution in [0.5, 0.6) is 11.5 Å². The van der Waals surface area contributed by atoms with Crippen LogP contribution in [0.15, 0.2) is 47.3 Å². The minimum atomic E-state index is -0.389. The van der Waals surface area contributed by atoms with E-state index in [1.807, 2.05) is 6.07 Å². The molecule has 0 saturated carbocycles. The third kappa shape index (κ3) is 4.50. The second kappa shape index (κ2) is 8.86. The quantitative estimate of drug-likeness (QED) is 0.623. The van der Waals surface area contributed by atoms with Crippen LogP contribution in [-0.4, -0.2) is 41.6 Å². The van der Waals surface area contributed by atoms with Crippen molar-refractivity contribution in [1.82, 2.24) is 14.9 Å². The van der Waals surface area contributed by atoms with E-state index < -0.39 is 0 Å². The lowest BCUT2D eigenvalue weighted by Gasteiger charge is -2.19. The summed E-state index contributed by atoms with van der Waals surface area (Å²) in [4.78, 5) is 41.8. The summed E-state index contributed by atoms with van der Waals surface area (Å²) in [6.45, 7) is 0.740. The molecule has 0 saturated heterocycles. The summed E-state index contributed by atoms with van der Waals surface area (Å²) in [7, 11) is 1.54. The zero-order chi connectivity index (χ0) is 21.8. The van der Waals surface area contributed by atoms with E-state index in [4.69, 9.17) is 9.47 Å². The van der Waals surface area contributed by atoms with Crippen molar-refractivity contribution in [3.8, 4) is 11.5 Å². The number of benzene rings is 2. The van der Waals surface area contributed by atoms with E-state index in [1.165, 1.54) is 11.6 Å². The third-order valence-electron chi connectivity index (χ3n) is 4.92. The monoisotopic (exact) mass is 422 g/mol. The van der Waals surface area contributed by atoms with Crippen molar-refractivity contribution in [1.29, 1.82) is 0 Å². The van der Waals surface area contributed by atoms with Crippen molar-refractivity contribution in [2.75, 3.05) is 25.6 Å². The van der Waals surface area contributed by atoms with Gasteiger partial charge in [-0.25, -0.2) is 4.98 Å². The average molecular weight is 422 g/mol. The van der Waals surface area contributed by atoms with Crippen molar-refractivity contribution in [2.45, 2.75) is 19.4 Å². The van der Waals surface area contributed by atoms with Gasteiger partial charge in [0.1, 0.15) is 25.5 Å². The Morgan fingerprint density at radius 2 is 1.84 bits per heavy atom. The van der Waals surface area contributed by atoms with Crippen molar-refractivity contribution in [3.05, 3.63) is 58.5 Å². The molecule has 0 spiro atoms. The molecule has 9 heteroatoms. The van der Waals surface area contributed by atoms with Gasteiger partial charge in [-0.3, -0.25) is 19.0 Å². The first kappa shape index (κ1) is 20.4. The first-order chi connectivity index (χ1) is 15.0. The summed E-state index contributed by atoms with van der Waals surface area (Å²) in [6, 6.07) is 12.2. The zero-order valence-electron chi connectivity index (χ0n) is 17.0. The van der Waals surface area contributed by atoms with E-state index in [2.05, 4.69) is 15.6 Å². The predicted molar refractivity (Wildman–Crippen MR) is 114 cm³/mol. The van der Waals surface area contributed by atoms with E-state index in [0.717, 1.165) is 0 Å². The van der Waals surface area contributed by atoms with Crippen LogP contribution >= 0.6 is 0 Å². The topological polar surface area (TPSA) is 112 Å². The molecule has 0 atom stereocenters. The Hall–Kier alpha value is -3.88. The van der Waals surface area contributed by atoms with Crippen LogP contribution in [0, 0.1) is 0 Å². The molecule has 1 aromatic heterocycles. The van der Waals surface area contributed by atoms with E-state index in [1.54, 1.807) is 36.4 Å². The molecule has 0 bridgehead atoms. The van der Waals surface area contributed by atoms with Gasteiger partial charge in [0.05, 0.1) is 11.0 Å². The Balaban J connectivity index is 1.59. The summed E-state index contributed by atoms with van der Waals surface area (Å²) in [5, 5.41) is 5.32. The standard InChI is InChI=1S/C22H22N4O5/c1-23-20(27)9-7-16-22(29)26(17-5-3-2-4-15(17)25-16)13-21(28)24-14-6-8-18-19(12-14)31-11-10-30-18/h2-6,8,12H,7,9-11,13H2,1H3,(H,23,27)(H,24,28). The van der Waals surface area contributed by atoms with Gasteiger partial charge in [-0.15, -0.1) is 0 Å². The number of fused-ring (bicyclic) bond motifs is 2. The molecule has 0 unspecified atom stereocenters. The number of carbonyl (C=O) groups is 2. The normalized spacial score (nSPS) is 12.4. The highest BCUT2D eigenvalue weighted by Crippen LogP contribution is 2.32. The lowest BCUT2D eigenvalue weighted by Crippen LogP contribution is -2.31. The number of amides is 2. The molecule has 0 fully saturated rings. The maximum absolute atomic E-state index is 13.0. The highest BCUT2D eigenvalue weighted by atomic mass is 16.6. The molecule has 2 aromatic carbocycles. The lowest BCUT2D eigenvalue weighted by atomic mass is 10.2. The van der Waals surface area contributed by atoms with Gasteiger partial charge in [-0.05, 0) is 24.3 Å². The van der Waals surface area contributed by atoms with Crippen molar-refractivity contribution < 1.29 is 19.1 Å². The molecule has 2 amide bonds. The molecule has 0 radical (unpaired) electrons. The van der Waals surface area contributed by atoms with Gasteiger partial charge >= 0.3 is 0 Å². The van der Waals surface area contributed by atoms with Crippen LogP contribution in [0.2, 0.25) is 0 Å². The van der Waals surface area contributed by atoms with Gasteiger partial charge in [0.2, 0.25) is 11.8 Å². The molecule has 1 aliphatic heterocycles. The summed E-state index contributed by atoms with van der Waals surface area (Å²) in [6.07, 6.45) is 0.327. The van der Waals surface area contributed by atoms with Crippen LogP contribution in [0.25, 0.3) is 11.0 Å². The number of rotatable bonds is 6. The molecular weight excluding hydrogens is 400 g/mol. The lowest BCUT2D eigenvalue weighted by molar-refractivity contribution is -0.120. The first-order valence-corrected chi connectivity index (χ1v) is 9.93. The fourth-order valence-corrected chi connectivity index (χ4v) is 3.39. The molecule has 1 aliphatic rings. The Kier molecular flexibility index (Phi) is 5.83. The average Bonchev–Trinajstić information content (AvgIpc) is 2.79. The number of aromatic nitrogens is 2. The molecule has 2 N–H and O–H groups in total. The molecule has 4 rings (SSSR count). The largest absolute Gasteiger partial charge is 0.486 e. The van der Waals surface area contributed by atoms with Crippen molar-refractivity contribution >= 4 is 28.5 Å². The SMILES string of the molecule is CNC(=O)CCc1nc2ccccc2n(CC(=O)Nc2ccc3c(c2)OCCO3)c1=O. The molecule has 3 aromatic rings. The van der Waals surface area contributed by atoms with E-state index in [9.17, 15) is 14.4 Å². The Morgan fingerprint density at radius 3 is 2.65 bits per heavy atom. The number of carbonyl (C=O) groups excluding carboxylic acids is 2. The van der Waals surface area contributed by atoms with Crippen molar-refractivity contribution in [3.63, 3.8) is 0 Å². The maximum Gasteiger partial charge on any atom is 0.273 e. The number of nitrogens with one attached hydrogen (secondary N) is 2. The van der Waals surface area contributed by atoms with Crippen LogP contribution in [-0.2, 0) is 22.6 Å². The number of hydrogen-bond donors (Lipinski definition) is 2. The number of hydrogen-bond acceptors (Lipinski definition) is 6. The number of ether oxygens (including phenoxy) is 2. The Bertz CT molecular complexity index is 1200. The van der Waals surface area contributed by atoms with Gasteiger partial charge in [0.15, 0.2) is 11.5 Å². The zero-order valence-corrected chi connectivity index (χ0v) is 17.0. The van der Waals surface area contributed by atoms with Crippen molar-refractivity contribution in [2.24, 2.45) is 0 Å². The van der Waals surface area contributed by atoms with Crippen LogP contribution in [0.4, 0.5) is 5.69 Å². The van der Waals surface area contributed by atoms with Gasteiger partial charge in [-0.2, -0.15) is 0 Å².